The summed E-state index contributed by atoms with van der Waals surface area (Å²) in [7, 11) is 0. The molecule has 90 valence electrons. The van der Waals surface area contributed by atoms with Crippen molar-refractivity contribution in [3.05, 3.63) is 33.3 Å². The predicted molar refractivity (Wildman–Crippen MR) is 74.1 cm³/mol. The fourth-order valence-electron chi connectivity index (χ4n) is 1.40. The van der Waals surface area contributed by atoms with Gasteiger partial charge in [0.15, 0.2) is 0 Å². The lowest BCUT2D eigenvalue weighted by molar-refractivity contribution is 0.0944. The van der Waals surface area contributed by atoms with E-state index in [1.165, 1.54) is 0 Å². The van der Waals surface area contributed by atoms with Crippen LogP contribution in [0.25, 0.3) is 0 Å². The number of hydrogen-bond donors (Lipinski definition) is 1. The zero-order valence-corrected chi connectivity index (χ0v) is 11.8. The summed E-state index contributed by atoms with van der Waals surface area (Å²) in [5.74, 6) is 2.31. The summed E-state index contributed by atoms with van der Waals surface area (Å²) in [6.07, 6.45) is 7.02. The second-order valence-corrected chi connectivity index (χ2v) is 4.93. The third-order valence-electron chi connectivity index (χ3n) is 2.26. The molecule has 0 aliphatic heterocycles. The minimum atomic E-state index is -0.243. The molecule has 4 heteroatoms. The lowest BCUT2D eigenvalue weighted by Gasteiger charge is -2.12. The minimum absolute atomic E-state index is 0.237. The first kappa shape index (κ1) is 14.1. The van der Waals surface area contributed by atoms with Crippen molar-refractivity contribution in [1.29, 1.82) is 0 Å². The van der Waals surface area contributed by atoms with E-state index in [1.807, 2.05) is 6.92 Å². The van der Waals surface area contributed by atoms with E-state index in [-0.39, 0.29) is 11.9 Å². The van der Waals surface area contributed by atoms with Gasteiger partial charge in [-0.05, 0) is 24.6 Å². The van der Waals surface area contributed by atoms with Crippen LogP contribution in [0.4, 0.5) is 0 Å². The molecule has 0 aromatic heterocycles. The SMILES string of the molecule is C#CC(CCC)NC(=O)c1ccc(Br)cc1Cl. The summed E-state index contributed by atoms with van der Waals surface area (Å²) >= 11 is 9.27. The van der Waals surface area contributed by atoms with Gasteiger partial charge in [-0.2, -0.15) is 0 Å². The highest BCUT2D eigenvalue weighted by atomic mass is 79.9. The van der Waals surface area contributed by atoms with E-state index in [2.05, 4.69) is 27.2 Å². The fourth-order valence-corrected chi connectivity index (χ4v) is 2.15. The van der Waals surface area contributed by atoms with Crippen LogP contribution in [0.15, 0.2) is 22.7 Å². The molecule has 1 N–H and O–H groups in total. The Bertz CT molecular complexity index is 453. The van der Waals surface area contributed by atoms with Crippen LogP contribution in [-0.2, 0) is 0 Å². The Labute approximate surface area is 115 Å². The van der Waals surface area contributed by atoms with Crippen molar-refractivity contribution in [2.24, 2.45) is 0 Å². The Morgan fingerprint density at radius 1 is 1.65 bits per heavy atom. The molecule has 0 bridgehead atoms. The van der Waals surface area contributed by atoms with Gasteiger partial charge in [0.25, 0.3) is 5.91 Å². The van der Waals surface area contributed by atoms with E-state index in [4.69, 9.17) is 18.0 Å². The van der Waals surface area contributed by atoms with Gasteiger partial charge < -0.3 is 5.32 Å². The van der Waals surface area contributed by atoms with Crippen molar-refractivity contribution < 1.29 is 4.79 Å². The van der Waals surface area contributed by atoms with Gasteiger partial charge >= 0.3 is 0 Å². The van der Waals surface area contributed by atoms with Gasteiger partial charge in [-0.3, -0.25) is 4.79 Å². The van der Waals surface area contributed by atoms with Crippen LogP contribution < -0.4 is 5.32 Å². The van der Waals surface area contributed by atoms with Crippen LogP contribution in [0.3, 0.4) is 0 Å². The molecule has 2 nitrogen and oxygen atoms in total. The Balaban J connectivity index is 2.79. The molecule has 1 rings (SSSR count). The van der Waals surface area contributed by atoms with Crippen molar-refractivity contribution >= 4 is 33.4 Å². The van der Waals surface area contributed by atoms with Crippen molar-refractivity contribution in [1.82, 2.24) is 5.32 Å². The van der Waals surface area contributed by atoms with E-state index in [1.54, 1.807) is 18.2 Å². The van der Waals surface area contributed by atoms with Gasteiger partial charge in [-0.15, -0.1) is 6.42 Å². The number of nitrogens with one attached hydrogen (secondary N) is 1. The summed E-state index contributed by atoms with van der Waals surface area (Å²) in [5.41, 5.74) is 0.436. The Morgan fingerprint density at radius 3 is 2.88 bits per heavy atom. The molecule has 0 aliphatic carbocycles. The molecule has 0 fully saturated rings. The fraction of sp³-hybridized carbons (Fsp3) is 0.308. The lowest BCUT2D eigenvalue weighted by atomic mass is 10.1. The Hall–Kier alpha value is -0.980. The number of rotatable bonds is 4. The normalized spacial score (nSPS) is 11.6. The molecule has 1 unspecified atom stereocenters. The average molecular weight is 315 g/mol. The molecular formula is C13H13BrClNO. The van der Waals surface area contributed by atoms with Gasteiger partial charge in [0.2, 0.25) is 0 Å². The topological polar surface area (TPSA) is 29.1 Å². The smallest absolute Gasteiger partial charge is 0.253 e. The third kappa shape index (κ3) is 4.07. The molecule has 1 atom stereocenters. The van der Waals surface area contributed by atoms with Crippen molar-refractivity contribution in [2.75, 3.05) is 0 Å². The van der Waals surface area contributed by atoms with Crippen molar-refractivity contribution in [3.8, 4) is 12.3 Å². The summed E-state index contributed by atoms with van der Waals surface area (Å²) in [6.45, 7) is 2.02. The van der Waals surface area contributed by atoms with E-state index < -0.39 is 0 Å². The third-order valence-corrected chi connectivity index (χ3v) is 3.07. The molecule has 0 radical (unpaired) electrons. The second-order valence-electron chi connectivity index (χ2n) is 3.61. The Morgan fingerprint density at radius 2 is 2.35 bits per heavy atom. The molecule has 1 aromatic rings. The maximum atomic E-state index is 11.9. The second kappa shape index (κ2) is 6.68. The number of carbonyl (C=O) groups is 1. The van der Waals surface area contributed by atoms with Gasteiger partial charge in [-0.25, -0.2) is 0 Å². The molecule has 1 amide bonds. The van der Waals surface area contributed by atoms with E-state index in [0.29, 0.717) is 10.6 Å². The number of amides is 1. The van der Waals surface area contributed by atoms with Crippen LogP contribution in [0.2, 0.25) is 5.02 Å². The molecule has 0 saturated heterocycles. The molecule has 1 aromatic carbocycles. The molecule has 0 saturated carbocycles. The van der Waals surface area contributed by atoms with Crippen molar-refractivity contribution in [2.45, 2.75) is 25.8 Å². The first-order valence-corrected chi connectivity index (χ1v) is 6.47. The van der Waals surface area contributed by atoms with Crippen LogP contribution >= 0.6 is 27.5 Å². The highest BCUT2D eigenvalue weighted by Gasteiger charge is 2.13. The largest absolute Gasteiger partial charge is 0.338 e. The van der Waals surface area contributed by atoms with Crippen molar-refractivity contribution in [3.63, 3.8) is 0 Å². The number of terminal acetylenes is 1. The lowest BCUT2D eigenvalue weighted by Crippen LogP contribution is -2.33. The first-order chi connectivity index (χ1) is 8.08. The number of halogens is 2. The molecule has 17 heavy (non-hydrogen) atoms. The van der Waals surface area contributed by atoms with Gasteiger partial charge in [0.05, 0.1) is 16.6 Å². The predicted octanol–water partition coefficient (Wildman–Crippen LogP) is 3.63. The van der Waals surface area contributed by atoms with E-state index >= 15 is 0 Å². The molecule has 0 spiro atoms. The van der Waals surface area contributed by atoms with Gasteiger partial charge in [-0.1, -0.05) is 46.8 Å². The zero-order valence-electron chi connectivity index (χ0n) is 9.47. The monoisotopic (exact) mass is 313 g/mol. The molecular weight excluding hydrogens is 302 g/mol. The maximum absolute atomic E-state index is 11.9. The summed E-state index contributed by atoms with van der Waals surface area (Å²) in [4.78, 5) is 11.9. The maximum Gasteiger partial charge on any atom is 0.253 e. The van der Waals surface area contributed by atoms with Crippen LogP contribution in [-0.4, -0.2) is 11.9 Å². The first-order valence-electron chi connectivity index (χ1n) is 5.30. The quantitative estimate of drug-likeness (QED) is 0.845. The van der Waals surface area contributed by atoms with Gasteiger partial charge in [0, 0.05) is 4.47 Å². The summed E-state index contributed by atoms with van der Waals surface area (Å²) in [5, 5.41) is 3.18. The van der Waals surface area contributed by atoms with Crippen LogP contribution in [0, 0.1) is 12.3 Å². The zero-order chi connectivity index (χ0) is 12.8. The molecule has 0 heterocycles. The Kier molecular flexibility index (Phi) is 5.54. The number of carbonyl (C=O) groups excluding carboxylic acids is 1. The minimum Gasteiger partial charge on any atom is -0.338 e. The number of benzene rings is 1. The van der Waals surface area contributed by atoms with Crippen LogP contribution in [0.1, 0.15) is 30.1 Å². The summed E-state index contributed by atoms with van der Waals surface area (Å²) < 4.78 is 0.834. The summed E-state index contributed by atoms with van der Waals surface area (Å²) in [6, 6.07) is 4.88. The van der Waals surface area contributed by atoms with Crippen LogP contribution in [0.5, 0.6) is 0 Å². The highest BCUT2D eigenvalue weighted by Crippen LogP contribution is 2.21. The standard InChI is InChI=1S/C13H13BrClNO/c1-3-5-10(4-2)16-13(17)11-7-6-9(14)8-12(11)15/h2,6-8,10H,3,5H2,1H3,(H,16,17). The van der Waals surface area contributed by atoms with E-state index in [0.717, 1.165) is 17.3 Å². The number of hydrogen-bond acceptors (Lipinski definition) is 1. The highest BCUT2D eigenvalue weighted by molar-refractivity contribution is 9.10. The average Bonchev–Trinajstić information content (AvgIpc) is 2.28. The molecule has 0 aliphatic rings. The van der Waals surface area contributed by atoms with Gasteiger partial charge in [0.1, 0.15) is 0 Å². The van der Waals surface area contributed by atoms with E-state index in [9.17, 15) is 4.79 Å².